The van der Waals surface area contributed by atoms with Gasteiger partial charge < -0.3 is 24.5 Å². The number of hydrogen-bond donors (Lipinski definition) is 0. The molecule has 2 aliphatic rings. The van der Waals surface area contributed by atoms with Crippen molar-refractivity contribution in [3.63, 3.8) is 0 Å². The van der Waals surface area contributed by atoms with Crippen molar-refractivity contribution in [1.82, 2.24) is 34.4 Å². The summed E-state index contributed by atoms with van der Waals surface area (Å²) < 4.78 is 30.6. The van der Waals surface area contributed by atoms with E-state index in [0.29, 0.717) is 84.0 Å². The van der Waals surface area contributed by atoms with E-state index in [2.05, 4.69) is 28.1 Å². The first-order valence-electron chi connectivity index (χ1n) is 14.2. The zero-order valence-corrected chi connectivity index (χ0v) is 25.1. The monoisotopic (exact) mass is 606 g/mol. The maximum absolute atomic E-state index is 15.4. The topological polar surface area (TPSA) is 101 Å². The lowest BCUT2D eigenvalue weighted by molar-refractivity contribution is 0.120. The molecule has 2 aliphatic heterocycles. The Balaban J connectivity index is 1.27. The van der Waals surface area contributed by atoms with E-state index < -0.39 is 5.95 Å². The van der Waals surface area contributed by atoms with Crippen LogP contribution in [0.25, 0.3) is 22.3 Å². The van der Waals surface area contributed by atoms with Crippen molar-refractivity contribution in [3.8, 4) is 17.3 Å². The third kappa shape index (κ3) is 5.46. The molecule has 3 aromatic heterocycles. The molecule has 2 amide bonds. The number of rotatable bonds is 5. The number of hydrogen-bond acceptors (Lipinski definition) is 9. The molecule has 0 saturated carbocycles. The fraction of sp³-hybridized carbons (Fsp3) is 0.414. The van der Waals surface area contributed by atoms with Crippen LogP contribution < -0.4 is 9.80 Å². The molecular weight excluding hydrogens is 574 g/mol. The van der Waals surface area contributed by atoms with Gasteiger partial charge in [-0.05, 0) is 44.3 Å². The molecule has 0 aliphatic carbocycles. The summed E-state index contributed by atoms with van der Waals surface area (Å²) in [5, 5.41) is 15.5. The molecule has 11 nitrogen and oxygen atoms in total. The number of fused-ring (bicyclic) bond motifs is 1. The Morgan fingerprint density at radius 2 is 1.67 bits per heavy atom. The van der Waals surface area contributed by atoms with Gasteiger partial charge in [-0.25, -0.2) is 18.9 Å². The maximum Gasteiger partial charge on any atom is 0.320 e. The number of pyridine rings is 1. The van der Waals surface area contributed by atoms with E-state index in [4.69, 9.17) is 4.98 Å². The van der Waals surface area contributed by atoms with Crippen LogP contribution in [0.2, 0.25) is 0 Å². The zero-order chi connectivity index (χ0) is 30.2. The molecule has 43 heavy (non-hydrogen) atoms. The van der Waals surface area contributed by atoms with Gasteiger partial charge in [0.15, 0.2) is 10.8 Å². The van der Waals surface area contributed by atoms with Crippen LogP contribution in [0.5, 0.6) is 0 Å². The van der Waals surface area contributed by atoms with Gasteiger partial charge in [-0.1, -0.05) is 11.3 Å². The molecule has 0 bridgehead atoms. The van der Waals surface area contributed by atoms with E-state index in [1.165, 1.54) is 23.5 Å². The molecule has 6 rings (SSSR count). The minimum atomic E-state index is -0.610. The standard InChI is InChI=1S/C29H32F2N10OS/c1-4-41-27(37(3)28-33-24(23(18-32)43-28)19-5-7-20(30)8-6-19)21-17-22(25(31)34-26(21)35-41)38-13-15-40(16-14-38)29(42)39-11-9-36(2)10-12-39/h5-8,17H,4,9-16H2,1-3H3. The third-order valence-corrected chi connectivity index (χ3v) is 9.08. The highest BCUT2D eigenvalue weighted by atomic mass is 32.1. The number of urea groups is 1. The summed E-state index contributed by atoms with van der Waals surface area (Å²) in [6.07, 6.45) is 0. The van der Waals surface area contributed by atoms with Crippen LogP contribution in [0.15, 0.2) is 30.3 Å². The highest BCUT2D eigenvalue weighted by Gasteiger charge is 2.30. The van der Waals surface area contributed by atoms with Crippen LogP contribution in [0.1, 0.15) is 11.8 Å². The van der Waals surface area contributed by atoms with Crippen LogP contribution in [-0.2, 0) is 6.54 Å². The van der Waals surface area contributed by atoms with Gasteiger partial charge in [-0.15, -0.1) is 0 Å². The maximum atomic E-state index is 15.4. The molecule has 2 fully saturated rings. The lowest BCUT2D eigenvalue weighted by Gasteiger charge is -2.40. The van der Waals surface area contributed by atoms with Crippen molar-refractivity contribution in [1.29, 1.82) is 5.26 Å². The summed E-state index contributed by atoms with van der Waals surface area (Å²) in [7, 11) is 3.88. The summed E-state index contributed by atoms with van der Waals surface area (Å²) in [6.45, 7) is 7.52. The van der Waals surface area contributed by atoms with Gasteiger partial charge in [0.05, 0.1) is 11.1 Å². The van der Waals surface area contributed by atoms with E-state index >= 15 is 4.39 Å². The fourth-order valence-corrected chi connectivity index (χ4v) is 6.42. The SMILES string of the molecule is CCn1nc2nc(F)c(N3CCN(C(=O)N4CCN(C)CC4)CC3)cc2c1N(C)c1nc(-c2ccc(F)cc2)c(C#N)s1. The minimum absolute atomic E-state index is 0.0372. The molecule has 0 spiro atoms. The van der Waals surface area contributed by atoms with Gasteiger partial charge >= 0.3 is 6.03 Å². The molecule has 0 N–H and O–H groups in total. The van der Waals surface area contributed by atoms with E-state index in [-0.39, 0.29) is 17.5 Å². The number of piperazine rings is 2. The summed E-state index contributed by atoms with van der Waals surface area (Å²) in [6, 6.07) is 9.86. The number of anilines is 3. The van der Waals surface area contributed by atoms with Crippen LogP contribution in [0.3, 0.4) is 0 Å². The molecule has 14 heteroatoms. The number of aromatic nitrogens is 4. The van der Waals surface area contributed by atoms with Crippen molar-refractivity contribution < 1.29 is 13.6 Å². The van der Waals surface area contributed by atoms with Gasteiger partial charge in [0, 0.05) is 71.5 Å². The quantitative estimate of drug-likeness (QED) is 0.315. The smallest absolute Gasteiger partial charge is 0.320 e. The predicted molar refractivity (Wildman–Crippen MR) is 162 cm³/mol. The van der Waals surface area contributed by atoms with Crippen LogP contribution in [0.4, 0.5) is 30.2 Å². The lowest BCUT2D eigenvalue weighted by atomic mass is 10.1. The van der Waals surface area contributed by atoms with E-state index in [0.717, 1.165) is 13.1 Å². The number of likely N-dealkylation sites (N-methyl/N-ethyl adjacent to an activating group) is 1. The number of nitrogens with zero attached hydrogens (tertiary/aromatic N) is 10. The fourth-order valence-electron chi connectivity index (χ4n) is 5.57. The van der Waals surface area contributed by atoms with Gasteiger partial charge in [-0.3, -0.25) is 0 Å². The van der Waals surface area contributed by atoms with E-state index in [1.807, 2.05) is 33.6 Å². The minimum Gasteiger partial charge on any atom is -0.364 e. The first-order valence-corrected chi connectivity index (χ1v) is 15.0. The molecule has 0 unspecified atom stereocenters. The van der Waals surface area contributed by atoms with Crippen molar-refractivity contribution in [2.75, 3.05) is 76.3 Å². The average Bonchev–Trinajstić information content (AvgIpc) is 3.62. The van der Waals surface area contributed by atoms with Crippen LogP contribution in [0, 0.1) is 23.1 Å². The third-order valence-electron chi connectivity index (χ3n) is 8.04. The van der Waals surface area contributed by atoms with E-state index in [9.17, 15) is 14.4 Å². The Kier molecular flexibility index (Phi) is 7.85. The average molecular weight is 607 g/mol. The molecule has 0 atom stereocenters. The van der Waals surface area contributed by atoms with Gasteiger partial charge in [-0.2, -0.15) is 19.7 Å². The predicted octanol–water partition coefficient (Wildman–Crippen LogP) is 3.98. The number of benzene rings is 1. The number of aryl methyl sites for hydroxylation is 1. The zero-order valence-electron chi connectivity index (χ0n) is 24.3. The number of carbonyl (C=O) groups excluding carboxylic acids is 1. The van der Waals surface area contributed by atoms with Gasteiger partial charge in [0.25, 0.3) is 0 Å². The molecule has 1 aromatic carbocycles. The number of nitriles is 1. The number of amides is 2. The Morgan fingerprint density at radius 1 is 1.02 bits per heavy atom. The van der Waals surface area contributed by atoms with E-state index in [1.54, 1.807) is 22.9 Å². The Hall–Kier alpha value is -4.35. The second-order valence-electron chi connectivity index (χ2n) is 10.7. The van der Waals surface area contributed by atoms with Crippen LogP contribution in [-0.4, -0.2) is 107 Å². The Morgan fingerprint density at radius 3 is 2.30 bits per heavy atom. The lowest BCUT2D eigenvalue weighted by Crippen LogP contribution is -2.56. The summed E-state index contributed by atoms with van der Waals surface area (Å²) in [4.78, 5) is 32.1. The molecule has 4 aromatic rings. The molecule has 5 heterocycles. The molecule has 224 valence electrons. The molecule has 0 radical (unpaired) electrons. The van der Waals surface area contributed by atoms with Crippen molar-refractivity contribution in [2.24, 2.45) is 0 Å². The molecule has 2 saturated heterocycles. The van der Waals surface area contributed by atoms with Crippen LogP contribution >= 0.6 is 11.3 Å². The van der Waals surface area contributed by atoms with Gasteiger partial charge in [0.2, 0.25) is 5.95 Å². The number of halogens is 2. The summed E-state index contributed by atoms with van der Waals surface area (Å²) in [5.74, 6) is -0.313. The highest BCUT2D eigenvalue weighted by Crippen LogP contribution is 2.38. The van der Waals surface area contributed by atoms with Crippen molar-refractivity contribution in [3.05, 3.63) is 47.0 Å². The first-order chi connectivity index (χ1) is 20.8. The van der Waals surface area contributed by atoms with Crippen molar-refractivity contribution in [2.45, 2.75) is 13.5 Å². The normalized spacial score (nSPS) is 16.1. The highest BCUT2D eigenvalue weighted by molar-refractivity contribution is 7.16. The largest absolute Gasteiger partial charge is 0.364 e. The Labute approximate surface area is 252 Å². The van der Waals surface area contributed by atoms with Crippen molar-refractivity contribution >= 4 is 45.0 Å². The number of thiazole rings is 1. The first kappa shape index (κ1) is 28.8. The molecular formula is C29H32F2N10OS. The van der Waals surface area contributed by atoms with Gasteiger partial charge in [0.1, 0.15) is 28.3 Å². The summed E-state index contributed by atoms with van der Waals surface area (Å²) in [5.41, 5.74) is 1.73. The second kappa shape index (κ2) is 11.7. The summed E-state index contributed by atoms with van der Waals surface area (Å²) >= 11 is 1.21. The Bertz CT molecular complexity index is 1680. The second-order valence-corrected chi connectivity index (χ2v) is 11.7. The number of carbonyl (C=O) groups is 1.